The van der Waals surface area contributed by atoms with E-state index in [2.05, 4.69) is 33.7 Å². The highest BCUT2D eigenvalue weighted by molar-refractivity contribution is 6.09. The summed E-state index contributed by atoms with van der Waals surface area (Å²) in [6, 6.07) is 14.2. The number of nitrogens with one attached hydrogen (secondary N) is 1. The largest absolute Gasteiger partial charge is 0.456 e. The fourth-order valence-electron chi connectivity index (χ4n) is 4.23. The average Bonchev–Trinajstić information content (AvgIpc) is 3.36. The van der Waals surface area contributed by atoms with E-state index in [1.165, 1.54) is 11.1 Å². The van der Waals surface area contributed by atoms with Gasteiger partial charge in [0.05, 0.1) is 5.71 Å². The third-order valence-corrected chi connectivity index (χ3v) is 5.61. The Labute approximate surface area is 163 Å². The van der Waals surface area contributed by atoms with Gasteiger partial charge in [0.2, 0.25) is 0 Å². The second-order valence-electron chi connectivity index (χ2n) is 7.21. The molecule has 0 amide bonds. The molecule has 0 saturated carbocycles. The van der Waals surface area contributed by atoms with Gasteiger partial charge < -0.3 is 14.9 Å². The van der Waals surface area contributed by atoms with Gasteiger partial charge in [-0.05, 0) is 48.7 Å². The van der Waals surface area contributed by atoms with Crippen molar-refractivity contribution in [1.29, 1.82) is 0 Å². The fraction of sp³-hybridized carbons (Fsp3) is 0.217. The first-order valence-corrected chi connectivity index (χ1v) is 9.59. The molecule has 0 bridgehead atoms. The van der Waals surface area contributed by atoms with Gasteiger partial charge in [-0.3, -0.25) is 4.98 Å². The normalized spacial score (nSPS) is 20.2. The number of hydrogen-bond donors (Lipinski definition) is 2. The van der Waals surface area contributed by atoms with Crippen molar-refractivity contribution >= 4 is 11.3 Å². The molecular weight excluding hydrogens is 350 g/mol. The van der Waals surface area contributed by atoms with Crippen molar-refractivity contribution in [2.45, 2.75) is 18.8 Å². The number of benzene rings is 1. The predicted molar refractivity (Wildman–Crippen MR) is 109 cm³/mol. The molecule has 140 valence electrons. The van der Waals surface area contributed by atoms with E-state index >= 15 is 0 Å². The third-order valence-electron chi connectivity index (χ3n) is 5.61. The van der Waals surface area contributed by atoms with Crippen LogP contribution in [-0.2, 0) is 6.42 Å². The Bertz CT molecular complexity index is 1070. The summed E-state index contributed by atoms with van der Waals surface area (Å²) in [5, 5.41) is 16.8. The SMILES string of the molecule is O/N=C1\c2ccccc2CC1c1cc(C2=CCNCC2)oc1-c1ccncc1. The van der Waals surface area contributed by atoms with Crippen LogP contribution in [0.5, 0.6) is 0 Å². The van der Waals surface area contributed by atoms with E-state index in [0.717, 1.165) is 54.1 Å². The van der Waals surface area contributed by atoms with Crippen LogP contribution in [-0.4, -0.2) is 29.0 Å². The average molecular weight is 371 g/mol. The second kappa shape index (κ2) is 7.09. The Morgan fingerprint density at radius 2 is 2.00 bits per heavy atom. The first-order valence-electron chi connectivity index (χ1n) is 9.59. The molecule has 28 heavy (non-hydrogen) atoms. The number of oxime groups is 1. The fourth-order valence-corrected chi connectivity index (χ4v) is 4.23. The van der Waals surface area contributed by atoms with E-state index in [9.17, 15) is 5.21 Å². The zero-order chi connectivity index (χ0) is 18.9. The maximum absolute atomic E-state index is 9.79. The lowest BCUT2D eigenvalue weighted by molar-refractivity contribution is 0.317. The molecule has 5 rings (SSSR count). The van der Waals surface area contributed by atoms with E-state index in [4.69, 9.17) is 4.42 Å². The van der Waals surface area contributed by atoms with Gasteiger partial charge in [-0.1, -0.05) is 35.5 Å². The minimum Gasteiger partial charge on any atom is -0.456 e. The molecule has 0 fully saturated rings. The number of rotatable bonds is 3. The van der Waals surface area contributed by atoms with Gasteiger partial charge in [0, 0.05) is 41.5 Å². The van der Waals surface area contributed by atoms with Crippen molar-refractivity contribution in [3.05, 3.63) is 83.4 Å². The number of furan rings is 1. The van der Waals surface area contributed by atoms with Gasteiger partial charge >= 0.3 is 0 Å². The minimum atomic E-state index is -0.0367. The number of fused-ring (bicyclic) bond motifs is 1. The molecule has 3 aromatic rings. The van der Waals surface area contributed by atoms with E-state index < -0.39 is 0 Å². The van der Waals surface area contributed by atoms with Crippen molar-refractivity contribution < 1.29 is 9.62 Å². The highest BCUT2D eigenvalue weighted by Crippen LogP contribution is 2.42. The Morgan fingerprint density at radius 1 is 1.14 bits per heavy atom. The van der Waals surface area contributed by atoms with Gasteiger partial charge in [-0.25, -0.2) is 0 Å². The summed E-state index contributed by atoms with van der Waals surface area (Å²) in [7, 11) is 0. The first kappa shape index (κ1) is 17.0. The van der Waals surface area contributed by atoms with Crippen LogP contribution >= 0.6 is 0 Å². The highest BCUT2D eigenvalue weighted by atomic mass is 16.4. The van der Waals surface area contributed by atoms with Crippen LogP contribution in [0, 0.1) is 0 Å². The quantitative estimate of drug-likeness (QED) is 0.534. The van der Waals surface area contributed by atoms with Crippen LogP contribution in [0.2, 0.25) is 0 Å². The minimum absolute atomic E-state index is 0.0367. The summed E-state index contributed by atoms with van der Waals surface area (Å²) in [5.41, 5.74) is 6.18. The molecule has 1 aliphatic heterocycles. The summed E-state index contributed by atoms with van der Waals surface area (Å²) in [4.78, 5) is 4.13. The Hall–Kier alpha value is -3.18. The van der Waals surface area contributed by atoms with E-state index in [1.54, 1.807) is 12.4 Å². The molecular formula is C23H21N3O2. The Kier molecular flexibility index (Phi) is 4.29. The van der Waals surface area contributed by atoms with Crippen LogP contribution in [0.1, 0.15) is 34.8 Å². The molecule has 2 aliphatic rings. The first-order chi connectivity index (χ1) is 13.8. The standard InChI is InChI=1S/C23H21N3O2/c27-26-22-18-4-2-1-3-17(18)13-19(22)20-14-21(15-5-9-24-10-6-15)28-23(20)16-7-11-25-12-8-16/h1-5,7-8,11-12,14,19,24,27H,6,9-10,13H2/b26-22+. The van der Waals surface area contributed by atoms with Gasteiger partial charge in [-0.2, -0.15) is 0 Å². The summed E-state index contributed by atoms with van der Waals surface area (Å²) in [6.07, 6.45) is 7.47. The molecule has 0 spiro atoms. The van der Waals surface area contributed by atoms with Crippen LogP contribution in [0.3, 0.4) is 0 Å². The van der Waals surface area contributed by atoms with E-state index in [-0.39, 0.29) is 5.92 Å². The predicted octanol–water partition coefficient (Wildman–Crippen LogP) is 4.24. The molecule has 0 saturated heterocycles. The molecule has 5 nitrogen and oxygen atoms in total. The topological polar surface area (TPSA) is 70.7 Å². The number of nitrogens with zero attached hydrogens (tertiary/aromatic N) is 2. The summed E-state index contributed by atoms with van der Waals surface area (Å²) in [6.45, 7) is 1.80. The molecule has 1 aliphatic carbocycles. The molecule has 2 aromatic heterocycles. The maximum Gasteiger partial charge on any atom is 0.138 e. The monoisotopic (exact) mass is 371 g/mol. The number of pyridine rings is 1. The zero-order valence-corrected chi connectivity index (χ0v) is 15.4. The van der Waals surface area contributed by atoms with Crippen molar-refractivity contribution in [3.63, 3.8) is 0 Å². The Morgan fingerprint density at radius 3 is 2.79 bits per heavy atom. The van der Waals surface area contributed by atoms with E-state index in [1.807, 2.05) is 30.3 Å². The zero-order valence-electron chi connectivity index (χ0n) is 15.4. The van der Waals surface area contributed by atoms with Gasteiger partial charge in [0.15, 0.2) is 0 Å². The summed E-state index contributed by atoms with van der Waals surface area (Å²) in [5.74, 6) is 1.69. The summed E-state index contributed by atoms with van der Waals surface area (Å²) >= 11 is 0. The van der Waals surface area contributed by atoms with E-state index in [0.29, 0.717) is 5.71 Å². The maximum atomic E-state index is 9.79. The smallest absolute Gasteiger partial charge is 0.138 e. The van der Waals surface area contributed by atoms with Crippen molar-refractivity contribution in [3.8, 4) is 11.3 Å². The van der Waals surface area contributed by atoms with Crippen molar-refractivity contribution in [2.24, 2.45) is 5.16 Å². The third kappa shape index (κ3) is 2.84. The summed E-state index contributed by atoms with van der Waals surface area (Å²) < 4.78 is 6.38. The second-order valence-corrected chi connectivity index (χ2v) is 7.21. The van der Waals surface area contributed by atoms with Gasteiger partial charge in [0.25, 0.3) is 0 Å². The lowest BCUT2D eigenvalue weighted by Crippen LogP contribution is -2.19. The van der Waals surface area contributed by atoms with Crippen LogP contribution in [0.25, 0.3) is 16.9 Å². The van der Waals surface area contributed by atoms with Gasteiger partial charge in [0.1, 0.15) is 11.5 Å². The molecule has 1 aromatic carbocycles. The lowest BCUT2D eigenvalue weighted by atomic mass is 9.92. The van der Waals surface area contributed by atoms with Crippen molar-refractivity contribution in [2.75, 3.05) is 13.1 Å². The molecule has 0 radical (unpaired) electrons. The highest BCUT2D eigenvalue weighted by Gasteiger charge is 2.34. The van der Waals surface area contributed by atoms with Crippen molar-refractivity contribution in [1.82, 2.24) is 10.3 Å². The molecule has 5 heteroatoms. The molecule has 1 unspecified atom stereocenters. The van der Waals surface area contributed by atoms with Crippen LogP contribution in [0.4, 0.5) is 0 Å². The number of hydrogen-bond acceptors (Lipinski definition) is 5. The number of aromatic nitrogens is 1. The van der Waals surface area contributed by atoms with Crippen LogP contribution in [0.15, 0.2) is 70.5 Å². The molecule has 1 atom stereocenters. The molecule has 3 heterocycles. The van der Waals surface area contributed by atoms with Gasteiger partial charge in [-0.15, -0.1) is 0 Å². The molecule has 2 N–H and O–H groups in total. The Balaban J connectivity index is 1.64. The lowest BCUT2D eigenvalue weighted by Gasteiger charge is -2.11. The van der Waals surface area contributed by atoms with Crippen LogP contribution < -0.4 is 5.32 Å².